The lowest BCUT2D eigenvalue weighted by atomic mass is 10.1. The van der Waals surface area contributed by atoms with Crippen LogP contribution in [0.15, 0.2) is 35.3 Å². The number of nitro benzene ring substituents is 1. The van der Waals surface area contributed by atoms with Gasteiger partial charge in [0.25, 0.3) is 11.6 Å². The Morgan fingerprint density at radius 3 is 2.86 bits per heavy atom. The number of benzene rings is 1. The predicted octanol–water partition coefficient (Wildman–Crippen LogP) is 1.67. The molecule has 1 aromatic carbocycles. The van der Waals surface area contributed by atoms with Crippen LogP contribution in [0.3, 0.4) is 0 Å². The summed E-state index contributed by atoms with van der Waals surface area (Å²) in [6.45, 7) is 0. The zero-order chi connectivity index (χ0) is 16.1. The van der Waals surface area contributed by atoms with E-state index in [-0.39, 0.29) is 11.1 Å². The van der Waals surface area contributed by atoms with E-state index in [1.165, 1.54) is 23.6 Å². The van der Waals surface area contributed by atoms with E-state index >= 15 is 0 Å². The number of carbonyl (C=O) groups is 1. The lowest BCUT2D eigenvalue weighted by Gasteiger charge is -2.06. The second-order valence-corrected chi connectivity index (χ2v) is 4.84. The summed E-state index contributed by atoms with van der Waals surface area (Å²) in [5.41, 5.74) is -0.674. The molecule has 9 heteroatoms. The Morgan fingerprint density at radius 2 is 2.27 bits per heavy atom. The van der Waals surface area contributed by atoms with Crippen LogP contribution in [0.5, 0.6) is 5.75 Å². The maximum absolute atomic E-state index is 11.9. The molecule has 1 aromatic heterocycles. The minimum absolute atomic E-state index is 0.206. The Morgan fingerprint density at radius 1 is 1.50 bits per heavy atom. The van der Waals surface area contributed by atoms with Crippen LogP contribution in [-0.4, -0.2) is 15.8 Å². The molecule has 1 amide bonds. The van der Waals surface area contributed by atoms with E-state index in [2.05, 4.69) is 10.3 Å². The van der Waals surface area contributed by atoms with Crippen LogP contribution in [0, 0.1) is 21.4 Å². The van der Waals surface area contributed by atoms with Crippen molar-refractivity contribution in [2.75, 3.05) is 5.32 Å². The molecule has 0 aliphatic heterocycles. The number of hydrogen-bond acceptors (Lipinski definition) is 7. The van der Waals surface area contributed by atoms with Crippen LogP contribution < -0.4 is 10.4 Å². The highest BCUT2D eigenvalue weighted by Gasteiger charge is 2.12. The average Bonchev–Trinajstić information content (AvgIpc) is 2.98. The lowest BCUT2D eigenvalue weighted by molar-refractivity contribution is -0.398. The third-order valence-electron chi connectivity index (χ3n) is 2.51. The summed E-state index contributed by atoms with van der Waals surface area (Å²) in [6, 6.07) is 5.02. The van der Waals surface area contributed by atoms with Crippen molar-refractivity contribution in [3.05, 3.63) is 51.0 Å². The molecule has 0 saturated carbocycles. The minimum atomic E-state index is -0.818. The van der Waals surface area contributed by atoms with Crippen molar-refractivity contribution in [3.63, 3.8) is 0 Å². The summed E-state index contributed by atoms with van der Waals surface area (Å²) in [5, 5.41) is 35.4. The molecule has 8 nitrogen and oxygen atoms in total. The van der Waals surface area contributed by atoms with Gasteiger partial charge in [-0.15, -0.1) is 11.3 Å². The third-order valence-corrected chi connectivity index (χ3v) is 3.20. The Kier molecular flexibility index (Phi) is 4.45. The maximum Gasteiger partial charge on any atom is 0.268 e. The van der Waals surface area contributed by atoms with Crippen LogP contribution in [0.25, 0.3) is 6.08 Å². The molecule has 0 aliphatic carbocycles. The first-order valence-corrected chi connectivity index (χ1v) is 6.67. The van der Waals surface area contributed by atoms with E-state index in [0.29, 0.717) is 5.13 Å². The number of aromatic nitrogens is 1. The number of nitrogens with zero attached hydrogens (tertiary/aromatic N) is 3. The van der Waals surface area contributed by atoms with Crippen LogP contribution >= 0.6 is 11.3 Å². The standard InChI is InChI=1S/C13H8N4O4S/c14-7-9(12(19)16-13-15-3-4-22-13)5-8-1-2-11(18)10(6-8)17(20)21/h1-6,18H,(H,15,16,19)/p-1/b9-5+. The van der Waals surface area contributed by atoms with Crippen molar-refractivity contribution in [1.82, 2.24) is 4.98 Å². The zero-order valence-electron chi connectivity index (χ0n) is 10.8. The van der Waals surface area contributed by atoms with Crippen molar-refractivity contribution < 1.29 is 14.8 Å². The number of thiazole rings is 1. The molecule has 1 N–H and O–H groups in total. The van der Waals surface area contributed by atoms with E-state index in [1.54, 1.807) is 11.4 Å². The first-order chi connectivity index (χ1) is 10.5. The number of amides is 1. The number of anilines is 1. The highest BCUT2D eigenvalue weighted by molar-refractivity contribution is 7.13. The van der Waals surface area contributed by atoms with Crippen molar-refractivity contribution in [2.24, 2.45) is 0 Å². The average molecular weight is 315 g/mol. The van der Waals surface area contributed by atoms with Crippen molar-refractivity contribution in [1.29, 1.82) is 5.26 Å². The second-order valence-electron chi connectivity index (χ2n) is 3.95. The van der Waals surface area contributed by atoms with Gasteiger partial charge in [-0.1, -0.05) is 12.1 Å². The summed E-state index contributed by atoms with van der Waals surface area (Å²) >= 11 is 1.18. The van der Waals surface area contributed by atoms with Gasteiger partial charge in [0.2, 0.25) is 0 Å². The van der Waals surface area contributed by atoms with Crippen LogP contribution in [0.1, 0.15) is 5.56 Å². The van der Waals surface area contributed by atoms with Gasteiger partial charge in [-0.3, -0.25) is 20.2 Å². The molecule has 22 heavy (non-hydrogen) atoms. The highest BCUT2D eigenvalue weighted by Crippen LogP contribution is 2.25. The zero-order valence-corrected chi connectivity index (χ0v) is 11.7. The number of rotatable bonds is 4. The van der Waals surface area contributed by atoms with E-state index in [0.717, 1.165) is 18.2 Å². The van der Waals surface area contributed by atoms with Crippen molar-refractivity contribution in [2.45, 2.75) is 0 Å². The first kappa shape index (κ1) is 15.1. The van der Waals surface area contributed by atoms with Gasteiger partial charge >= 0.3 is 0 Å². The van der Waals surface area contributed by atoms with Crippen LogP contribution in [0.4, 0.5) is 10.8 Å². The molecule has 0 fully saturated rings. The summed E-state index contributed by atoms with van der Waals surface area (Å²) in [5.74, 6) is -1.43. The molecule has 1 heterocycles. The van der Waals surface area contributed by atoms with Gasteiger partial charge < -0.3 is 5.11 Å². The fourth-order valence-electron chi connectivity index (χ4n) is 1.53. The van der Waals surface area contributed by atoms with Gasteiger partial charge in [0.1, 0.15) is 11.6 Å². The Labute approximate surface area is 128 Å². The number of nitrogens with one attached hydrogen (secondary N) is 1. The maximum atomic E-state index is 11.9. The van der Waals surface area contributed by atoms with E-state index in [4.69, 9.17) is 5.26 Å². The summed E-state index contributed by atoms with van der Waals surface area (Å²) in [4.78, 5) is 25.6. The summed E-state index contributed by atoms with van der Waals surface area (Å²) in [6.07, 6.45) is 2.65. The Hall–Kier alpha value is -3.25. The van der Waals surface area contributed by atoms with E-state index in [9.17, 15) is 20.0 Å². The largest absolute Gasteiger partial charge is 0.868 e. The molecule has 0 unspecified atom stereocenters. The molecule has 110 valence electrons. The quantitative estimate of drug-likeness (QED) is 0.395. The van der Waals surface area contributed by atoms with Gasteiger partial charge in [-0.05, 0) is 17.4 Å². The fraction of sp³-hybridized carbons (Fsp3) is 0. The molecule has 2 rings (SSSR count). The minimum Gasteiger partial charge on any atom is -0.868 e. The number of hydrogen-bond donors (Lipinski definition) is 1. The predicted molar refractivity (Wildman–Crippen MR) is 76.9 cm³/mol. The number of nitro groups is 1. The smallest absolute Gasteiger partial charge is 0.268 e. The molecule has 0 bridgehead atoms. The van der Waals surface area contributed by atoms with Crippen LogP contribution in [0.2, 0.25) is 0 Å². The van der Waals surface area contributed by atoms with E-state index < -0.39 is 22.3 Å². The van der Waals surface area contributed by atoms with Gasteiger partial charge in [0.05, 0.1) is 4.92 Å². The normalized spacial score (nSPS) is 10.8. The number of nitriles is 1. The second kappa shape index (κ2) is 6.47. The molecule has 0 radical (unpaired) electrons. The van der Waals surface area contributed by atoms with Gasteiger partial charge in [0, 0.05) is 17.6 Å². The molecule has 0 atom stereocenters. The SMILES string of the molecule is N#C/C(=C\c1ccc([O-])c([N+](=O)[O-])c1)C(=O)Nc1nccs1. The van der Waals surface area contributed by atoms with E-state index in [1.807, 2.05) is 0 Å². The van der Waals surface area contributed by atoms with Gasteiger partial charge in [0.15, 0.2) is 5.13 Å². The fourth-order valence-corrected chi connectivity index (χ4v) is 2.06. The van der Waals surface area contributed by atoms with Crippen LogP contribution in [-0.2, 0) is 4.79 Å². The highest BCUT2D eigenvalue weighted by atomic mass is 32.1. The van der Waals surface area contributed by atoms with Crippen molar-refractivity contribution in [3.8, 4) is 11.8 Å². The van der Waals surface area contributed by atoms with Gasteiger partial charge in [-0.25, -0.2) is 4.98 Å². The first-order valence-electron chi connectivity index (χ1n) is 5.79. The Balaban J connectivity index is 2.29. The third kappa shape index (κ3) is 3.44. The monoisotopic (exact) mass is 315 g/mol. The Bertz CT molecular complexity index is 793. The molecule has 0 aliphatic rings. The van der Waals surface area contributed by atoms with Crippen molar-refractivity contribution >= 4 is 34.1 Å². The molecular weight excluding hydrogens is 308 g/mol. The molecule has 0 spiro atoms. The molecule has 0 saturated heterocycles. The molecular formula is C13H7N4O4S-. The lowest BCUT2D eigenvalue weighted by Crippen LogP contribution is -2.13. The van der Waals surface area contributed by atoms with Gasteiger partial charge in [-0.2, -0.15) is 5.26 Å². The topological polar surface area (TPSA) is 132 Å². The summed E-state index contributed by atoms with van der Waals surface area (Å²) < 4.78 is 0. The number of carbonyl (C=O) groups excluding carboxylic acids is 1. The summed E-state index contributed by atoms with van der Waals surface area (Å²) in [7, 11) is 0. The molecule has 2 aromatic rings.